The molecule has 1 aromatic heterocycles. The largest absolute Gasteiger partial charge is 0.326 e. The normalized spacial score (nSPS) is 14.8. The molecule has 1 saturated heterocycles. The lowest BCUT2D eigenvalue weighted by Gasteiger charge is -2.30. The van der Waals surface area contributed by atoms with E-state index < -0.39 is 10.0 Å². The lowest BCUT2D eigenvalue weighted by atomic mass is 9.97. The maximum atomic E-state index is 13.0. The third kappa shape index (κ3) is 5.53. The summed E-state index contributed by atoms with van der Waals surface area (Å²) in [6.45, 7) is 4.51. The second-order valence-electron chi connectivity index (χ2n) is 8.46. The number of piperidine rings is 1. The number of pyridine rings is 1. The molecule has 2 heterocycles. The standard InChI is InChI=1S/C27H27N3O3S/c1-20-9-12-26(18-21(20)2)34(32,33)30-16-13-23(14-17-30)27(31)29-25-8-5-6-22(19-25)10-11-24-7-3-4-15-28-24/h3-9,12,15,18-19,23H,13-14,16-17H2,1-2H3,(H,29,31). The first kappa shape index (κ1) is 23.7. The van der Waals surface area contributed by atoms with Crippen LogP contribution in [-0.4, -0.2) is 36.7 Å². The van der Waals surface area contributed by atoms with E-state index in [1.54, 1.807) is 18.3 Å². The minimum atomic E-state index is -3.56. The summed E-state index contributed by atoms with van der Waals surface area (Å²) < 4.78 is 27.5. The Morgan fingerprint density at radius 1 is 0.971 bits per heavy atom. The molecular formula is C27H27N3O3S. The molecule has 1 N–H and O–H groups in total. The smallest absolute Gasteiger partial charge is 0.243 e. The van der Waals surface area contributed by atoms with Crippen LogP contribution in [-0.2, 0) is 14.8 Å². The molecule has 0 saturated carbocycles. The van der Waals surface area contributed by atoms with Gasteiger partial charge in [0.1, 0.15) is 5.69 Å². The Hall–Kier alpha value is -3.47. The van der Waals surface area contributed by atoms with Crippen LogP contribution in [0.15, 0.2) is 71.8 Å². The molecule has 0 aliphatic carbocycles. The van der Waals surface area contributed by atoms with Gasteiger partial charge in [-0.2, -0.15) is 4.31 Å². The second kappa shape index (κ2) is 10.2. The van der Waals surface area contributed by atoms with Gasteiger partial charge in [-0.1, -0.05) is 24.1 Å². The van der Waals surface area contributed by atoms with Crippen LogP contribution in [0.3, 0.4) is 0 Å². The lowest BCUT2D eigenvalue weighted by Crippen LogP contribution is -2.41. The van der Waals surface area contributed by atoms with Crippen molar-refractivity contribution in [3.8, 4) is 11.8 Å². The van der Waals surface area contributed by atoms with Gasteiger partial charge in [-0.15, -0.1) is 0 Å². The molecule has 7 heteroatoms. The Morgan fingerprint density at radius 2 is 1.76 bits per heavy atom. The number of sulfonamides is 1. The van der Waals surface area contributed by atoms with Gasteiger partial charge in [0.05, 0.1) is 4.90 Å². The van der Waals surface area contributed by atoms with Crippen LogP contribution in [0.2, 0.25) is 0 Å². The van der Waals surface area contributed by atoms with E-state index in [1.165, 1.54) is 4.31 Å². The molecule has 1 aliphatic heterocycles. The number of carbonyl (C=O) groups is 1. The van der Waals surface area contributed by atoms with Crippen molar-refractivity contribution in [2.24, 2.45) is 5.92 Å². The van der Waals surface area contributed by atoms with Crippen LogP contribution < -0.4 is 5.32 Å². The summed E-state index contributed by atoms with van der Waals surface area (Å²) in [5.41, 5.74) is 4.13. The fourth-order valence-electron chi connectivity index (χ4n) is 3.87. The van der Waals surface area contributed by atoms with E-state index in [0.29, 0.717) is 42.2 Å². The lowest BCUT2D eigenvalue weighted by molar-refractivity contribution is -0.120. The highest BCUT2D eigenvalue weighted by Crippen LogP contribution is 2.26. The summed E-state index contributed by atoms with van der Waals surface area (Å²) in [6.07, 6.45) is 2.66. The first-order chi connectivity index (χ1) is 16.3. The van der Waals surface area contributed by atoms with E-state index in [1.807, 2.05) is 62.4 Å². The topological polar surface area (TPSA) is 79.4 Å². The van der Waals surface area contributed by atoms with Gasteiger partial charge >= 0.3 is 0 Å². The minimum absolute atomic E-state index is 0.0990. The first-order valence-corrected chi connectivity index (χ1v) is 12.7. The number of benzene rings is 2. The second-order valence-corrected chi connectivity index (χ2v) is 10.4. The number of hydrogen-bond donors (Lipinski definition) is 1. The third-order valence-corrected chi connectivity index (χ3v) is 7.97. The SMILES string of the molecule is Cc1ccc(S(=O)(=O)N2CCC(C(=O)Nc3cccc(C#Cc4ccccn4)c3)CC2)cc1C. The number of aryl methyl sites for hydroxylation is 2. The monoisotopic (exact) mass is 473 g/mol. The maximum absolute atomic E-state index is 13.0. The summed E-state index contributed by atoms with van der Waals surface area (Å²) in [5.74, 6) is 5.73. The molecule has 3 aromatic rings. The molecule has 1 aliphatic rings. The number of amides is 1. The summed E-state index contributed by atoms with van der Waals surface area (Å²) in [7, 11) is -3.56. The first-order valence-electron chi connectivity index (χ1n) is 11.2. The van der Waals surface area contributed by atoms with Crippen molar-refractivity contribution in [2.45, 2.75) is 31.6 Å². The van der Waals surface area contributed by atoms with E-state index in [9.17, 15) is 13.2 Å². The van der Waals surface area contributed by atoms with Gasteiger partial charge in [-0.3, -0.25) is 4.79 Å². The molecule has 6 nitrogen and oxygen atoms in total. The van der Waals surface area contributed by atoms with Gasteiger partial charge in [0.25, 0.3) is 0 Å². The van der Waals surface area contributed by atoms with Crippen molar-refractivity contribution >= 4 is 21.6 Å². The van der Waals surface area contributed by atoms with Crippen LogP contribution in [0, 0.1) is 31.6 Å². The third-order valence-electron chi connectivity index (χ3n) is 6.07. The highest BCUT2D eigenvalue weighted by Gasteiger charge is 2.32. The summed E-state index contributed by atoms with van der Waals surface area (Å²) in [4.78, 5) is 17.3. The molecule has 1 fully saturated rings. The molecule has 174 valence electrons. The summed E-state index contributed by atoms with van der Waals surface area (Å²) >= 11 is 0. The molecule has 2 aromatic carbocycles. The van der Waals surface area contributed by atoms with Crippen LogP contribution in [0.4, 0.5) is 5.69 Å². The Labute approximate surface area is 201 Å². The van der Waals surface area contributed by atoms with E-state index >= 15 is 0 Å². The van der Waals surface area contributed by atoms with E-state index in [2.05, 4.69) is 22.1 Å². The van der Waals surface area contributed by atoms with Crippen molar-refractivity contribution in [3.63, 3.8) is 0 Å². The van der Waals surface area contributed by atoms with Gasteiger partial charge < -0.3 is 5.32 Å². The molecule has 0 unspecified atom stereocenters. The number of nitrogens with one attached hydrogen (secondary N) is 1. The molecule has 0 bridgehead atoms. The molecule has 1 amide bonds. The predicted octanol–water partition coefficient (Wildman–Crippen LogP) is 4.14. The Balaban J connectivity index is 1.37. The molecule has 0 spiro atoms. The van der Waals surface area contributed by atoms with Gasteiger partial charge in [0, 0.05) is 36.5 Å². The zero-order valence-electron chi connectivity index (χ0n) is 19.3. The van der Waals surface area contributed by atoms with Crippen LogP contribution in [0.5, 0.6) is 0 Å². The van der Waals surface area contributed by atoms with Crippen molar-refractivity contribution in [2.75, 3.05) is 18.4 Å². The van der Waals surface area contributed by atoms with Crippen molar-refractivity contribution in [1.29, 1.82) is 0 Å². The number of rotatable bonds is 4. The zero-order chi connectivity index (χ0) is 24.1. The highest BCUT2D eigenvalue weighted by atomic mass is 32.2. The molecule has 4 rings (SSSR count). The number of carbonyl (C=O) groups excluding carboxylic acids is 1. The average molecular weight is 474 g/mol. The van der Waals surface area contributed by atoms with Gasteiger partial charge in [0.15, 0.2) is 0 Å². The van der Waals surface area contributed by atoms with E-state index in [4.69, 9.17) is 0 Å². The fraction of sp³-hybridized carbons (Fsp3) is 0.259. The van der Waals surface area contributed by atoms with Gasteiger partial charge in [-0.25, -0.2) is 13.4 Å². The molecule has 0 radical (unpaired) electrons. The van der Waals surface area contributed by atoms with Crippen molar-refractivity contribution in [3.05, 3.63) is 89.2 Å². The number of hydrogen-bond acceptors (Lipinski definition) is 4. The van der Waals surface area contributed by atoms with Crippen molar-refractivity contribution < 1.29 is 13.2 Å². The summed E-state index contributed by atoms with van der Waals surface area (Å²) in [5, 5.41) is 2.96. The fourth-order valence-corrected chi connectivity index (χ4v) is 5.43. The van der Waals surface area contributed by atoms with Crippen LogP contribution in [0.1, 0.15) is 35.2 Å². The highest BCUT2D eigenvalue weighted by molar-refractivity contribution is 7.89. The quantitative estimate of drug-likeness (QED) is 0.578. The minimum Gasteiger partial charge on any atom is -0.326 e. The van der Waals surface area contributed by atoms with Crippen LogP contribution in [0.25, 0.3) is 0 Å². The number of anilines is 1. The van der Waals surface area contributed by atoms with E-state index in [0.717, 1.165) is 16.7 Å². The number of nitrogens with zero attached hydrogens (tertiary/aromatic N) is 2. The van der Waals surface area contributed by atoms with Crippen LogP contribution >= 0.6 is 0 Å². The Morgan fingerprint density at radius 3 is 2.47 bits per heavy atom. The maximum Gasteiger partial charge on any atom is 0.243 e. The van der Waals surface area contributed by atoms with Gasteiger partial charge in [0.2, 0.25) is 15.9 Å². The Kier molecular flexibility index (Phi) is 7.11. The van der Waals surface area contributed by atoms with Gasteiger partial charge in [-0.05, 0) is 86.2 Å². The Bertz CT molecular complexity index is 1350. The molecule has 34 heavy (non-hydrogen) atoms. The molecular weight excluding hydrogens is 446 g/mol. The molecule has 0 atom stereocenters. The number of aromatic nitrogens is 1. The predicted molar refractivity (Wildman–Crippen MR) is 133 cm³/mol. The van der Waals surface area contributed by atoms with Crippen molar-refractivity contribution in [1.82, 2.24) is 9.29 Å². The zero-order valence-corrected chi connectivity index (χ0v) is 20.1. The van der Waals surface area contributed by atoms with E-state index in [-0.39, 0.29) is 11.8 Å². The summed E-state index contributed by atoms with van der Waals surface area (Å²) in [6, 6.07) is 18.1. The average Bonchev–Trinajstić information content (AvgIpc) is 2.85.